The molecule has 0 aliphatic carbocycles. The fourth-order valence-corrected chi connectivity index (χ4v) is 5.03. The minimum absolute atomic E-state index is 0.0868. The molecule has 1 aromatic heterocycles. The molecule has 140 valence electrons. The maximum atomic E-state index is 11.9. The Bertz CT molecular complexity index is 813. The van der Waals surface area contributed by atoms with Gasteiger partial charge in [-0.25, -0.2) is 0 Å². The minimum Gasteiger partial charge on any atom is -0.496 e. The van der Waals surface area contributed by atoms with Crippen molar-refractivity contribution in [2.75, 3.05) is 27.3 Å². The Hall–Kier alpha value is -2.01. The van der Waals surface area contributed by atoms with Crippen molar-refractivity contribution in [3.8, 4) is 5.75 Å². The lowest BCUT2D eigenvalue weighted by atomic mass is 9.76. The number of rotatable bonds is 4. The molecule has 0 bridgehead atoms. The Morgan fingerprint density at radius 3 is 2.88 bits per heavy atom. The summed E-state index contributed by atoms with van der Waals surface area (Å²) >= 11 is 0. The number of methoxy groups -OCH3 is 2. The monoisotopic (exact) mass is 356 g/mol. The van der Waals surface area contributed by atoms with Crippen LogP contribution in [-0.2, 0) is 16.0 Å². The summed E-state index contributed by atoms with van der Waals surface area (Å²) in [6.45, 7) is 4.37. The fourth-order valence-electron chi connectivity index (χ4n) is 5.03. The van der Waals surface area contributed by atoms with Gasteiger partial charge < -0.3 is 14.5 Å². The zero-order valence-electron chi connectivity index (χ0n) is 15.9. The van der Waals surface area contributed by atoms with Gasteiger partial charge in [0.05, 0.1) is 20.3 Å². The summed E-state index contributed by atoms with van der Waals surface area (Å²) in [6.07, 6.45) is 3.69. The van der Waals surface area contributed by atoms with Crippen LogP contribution < -0.4 is 4.74 Å². The number of hydrogen-bond acceptors (Lipinski definition) is 4. The van der Waals surface area contributed by atoms with Crippen LogP contribution in [0.3, 0.4) is 0 Å². The molecule has 1 N–H and O–H groups in total. The lowest BCUT2D eigenvalue weighted by molar-refractivity contribution is -0.143. The number of nitrogens with one attached hydrogen (secondary N) is 1. The van der Waals surface area contributed by atoms with Crippen molar-refractivity contribution < 1.29 is 14.3 Å². The van der Waals surface area contributed by atoms with E-state index in [1.807, 2.05) is 12.1 Å². The number of benzene rings is 1. The lowest BCUT2D eigenvalue weighted by Gasteiger charge is -2.46. The molecule has 1 saturated heterocycles. The van der Waals surface area contributed by atoms with Crippen molar-refractivity contribution in [3.05, 3.63) is 29.5 Å². The molecule has 3 atom stereocenters. The van der Waals surface area contributed by atoms with Gasteiger partial charge in [0.1, 0.15) is 5.75 Å². The predicted octanol–water partition coefficient (Wildman–Crippen LogP) is 3.68. The Labute approximate surface area is 154 Å². The lowest BCUT2D eigenvalue weighted by Crippen LogP contribution is -2.46. The summed E-state index contributed by atoms with van der Waals surface area (Å²) in [7, 11) is 3.23. The molecule has 1 aromatic carbocycles. The Kier molecular flexibility index (Phi) is 4.65. The largest absolute Gasteiger partial charge is 0.496 e. The van der Waals surface area contributed by atoms with Gasteiger partial charge in [0, 0.05) is 36.1 Å². The van der Waals surface area contributed by atoms with Crippen LogP contribution in [0, 0.1) is 11.8 Å². The number of ether oxygens (including phenoxy) is 2. The summed E-state index contributed by atoms with van der Waals surface area (Å²) in [6, 6.07) is 6.56. The van der Waals surface area contributed by atoms with E-state index in [4.69, 9.17) is 9.47 Å². The first-order valence-corrected chi connectivity index (χ1v) is 9.64. The predicted molar refractivity (Wildman–Crippen MR) is 101 cm³/mol. The molecule has 0 saturated carbocycles. The molecular weight excluding hydrogens is 328 g/mol. The number of carbonyl (C=O) groups excluding carboxylic acids is 1. The number of fused-ring (bicyclic) bond motifs is 5. The molecule has 2 aliphatic rings. The van der Waals surface area contributed by atoms with Crippen LogP contribution >= 0.6 is 0 Å². The van der Waals surface area contributed by atoms with Crippen molar-refractivity contribution in [1.29, 1.82) is 0 Å². The van der Waals surface area contributed by atoms with E-state index >= 15 is 0 Å². The second kappa shape index (κ2) is 6.95. The highest BCUT2D eigenvalue weighted by molar-refractivity contribution is 5.91. The summed E-state index contributed by atoms with van der Waals surface area (Å²) in [4.78, 5) is 18.2. The topological polar surface area (TPSA) is 54.6 Å². The molecule has 5 heteroatoms. The number of esters is 1. The number of hydrogen-bond donors (Lipinski definition) is 1. The van der Waals surface area contributed by atoms with Gasteiger partial charge >= 0.3 is 5.97 Å². The van der Waals surface area contributed by atoms with E-state index in [0.717, 1.165) is 43.6 Å². The number of aromatic amines is 1. The fraction of sp³-hybridized carbons (Fsp3) is 0.571. The first-order valence-electron chi connectivity index (χ1n) is 9.64. The van der Waals surface area contributed by atoms with Crippen LogP contribution in [0.4, 0.5) is 0 Å². The van der Waals surface area contributed by atoms with Gasteiger partial charge in [0.25, 0.3) is 0 Å². The van der Waals surface area contributed by atoms with Crippen molar-refractivity contribution in [3.63, 3.8) is 0 Å². The van der Waals surface area contributed by atoms with Crippen LogP contribution in [0.5, 0.6) is 5.75 Å². The van der Waals surface area contributed by atoms with E-state index in [9.17, 15) is 4.79 Å². The van der Waals surface area contributed by atoms with Gasteiger partial charge in [-0.15, -0.1) is 0 Å². The van der Waals surface area contributed by atoms with E-state index in [-0.39, 0.29) is 5.97 Å². The number of piperidine rings is 1. The molecule has 0 amide bonds. The highest BCUT2D eigenvalue weighted by Gasteiger charge is 2.40. The summed E-state index contributed by atoms with van der Waals surface area (Å²) in [5.41, 5.74) is 3.86. The van der Waals surface area contributed by atoms with E-state index < -0.39 is 0 Å². The normalized spacial score (nSPS) is 25.6. The molecule has 0 radical (unpaired) electrons. The Balaban J connectivity index is 1.71. The smallest absolute Gasteiger partial charge is 0.305 e. The van der Waals surface area contributed by atoms with E-state index in [2.05, 4.69) is 22.9 Å². The average molecular weight is 356 g/mol. The van der Waals surface area contributed by atoms with Crippen LogP contribution in [-0.4, -0.2) is 43.2 Å². The molecule has 2 unspecified atom stereocenters. The van der Waals surface area contributed by atoms with Crippen LogP contribution in [0.1, 0.15) is 43.5 Å². The van der Waals surface area contributed by atoms with Crippen molar-refractivity contribution in [1.82, 2.24) is 9.88 Å². The van der Waals surface area contributed by atoms with Gasteiger partial charge in [-0.05, 0) is 42.4 Å². The SMILES string of the molecule is CCC1CN2CCc3c([nH]c4cccc(OC)c34)[C@@H]2CC1CC(=O)OC. The van der Waals surface area contributed by atoms with Crippen molar-refractivity contribution in [2.45, 2.75) is 38.6 Å². The molecule has 0 spiro atoms. The first kappa shape index (κ1) is 17.4. The quantitative estimate of drug-likeness (QED) is 0.849. The second-order valence-electron chi connectivity index (χ2n) is 7.61. The molecule has 5 nitrogen and oxygen atoms in total. The molecule has 2 aliphatic heterocycles. The summed E-state index contributed by atoms with van der Waals surface area (Å²) in [5.74, 6) is 1.80. The third kappa shape index (κ3) is 2.78. The second-order valence-corrected chi connectivity index (χ2v) is 7.61. The standard InChI is InChI=1S/C21H28N2O3/c1-4-13-12-23-9-8-15-20-16(6-5-7-18(20)25-2)22-21(15)17(23)10-14(13)11-19(24)26-3/h5-7,13-14,17,22H,4,8-12H2,1-3H3/t13?,14?,17-/m0/s1. The highest BCUT2D eigenvalue weighted by atomic mass is 16.5. The van der Waals surface area contributed by atoms with Crippen LogP contribution in [0.2, 0.25) is 0 Å². The number of H-pyrrole nitrogens is 1. The minimum atomic E-state index is -0.0868. The first-order chi connectivity index (χ1) is 12.7. The van der Waals surface area contributed by atoms with Crippen molar-refractivity contribution in [2.24, 2.45) is 11.8 Å². The van der Waals surface area contributed by atoms with Crippen LogP contribution in [0.15, 0.2) is 18.2 Å². The van der Waals surface area contributed by atoms with Gasteiger partial charge in [-0.2, -0.15) is 0 Å². The number of aromatic nitrogens is 1. The zero-order chi connectivity index (χ0) is 18.3. The highest BCUT2D eigenvalue weighted by Crippen LogP contribution is 2.45. The average Bonchev–Trinajstić information content (AvgIpc) is 3.06. The van der Waals surface area contributed by atoms with Gasteiger partial charge in [0.2, 0.25) is 0 Å². The van der Waals surface area contributed by atoms with Gasteiger partial charge in [-0.1, -0.05) is 19.4 Å². The number of nitrogens with zero attached hydrogens (tertiary/aromatic N) is 1. The third-order valence-corrected chi connectivity index (χ3v) is 6.41. The van der Waals surface area contributed by atoms with E-state index in [0.29, 0.717) is 24.3 Å². The molecule has 4 rings (SSSR count). The molecule has 1 fully saturated rings. The van der Waals surface area contributed by atoms with E-state index in [1.165, 1.54) is 23.8 Å². The molecule has 26 heavy (non-hydrogen) atoms. The van der Waals surface area contributed by atoms with Gasteiger partial charge in [0.15, 0.2) is 0 Å². The van der Waals surface area contributed by atoms with Crippen molar-refractivity contribution >= 4 is 16.9 Å². The Morgan fingerprint density at radius 2 is 2.15 bits per heavy atom. The van der Waals surface area contributed by atoms with Crippen LogP contribution in [0.25, 0.3) is 10.9 Å². The van der Waals surface area contributed by atoms with Gasteiger partial charge in [-0.3, -0.25) is 9.69 Å². The maximum absolute atomic E-state index is 11.9. The maximum Gasteiger partial charge on any atom is 0.305 e. The summed E-state index contributed by atoms with van der Waals surface area (Å²) < 4.78 is 10.6. The molecule has 2 aromatic rings. The molecular formula is C21H28N2O3. The Morgan fingerprint density at radius 1 is 1.31 bits per heavy atom. The summed E-state index contributed by atoms with van der Waals surface area (Å²) in [5, 5.41) is 1.23. The zero-order valence-corrected chi connectivity index (χ0v) is 15.9. The number of carbonyl (C=O) groups is 1. The third-order valence-electron chi connectivity index (χ3n) is 6.41. The van der Waals surface area contributed by atoms with E-state index in [1.54, 1.807) is 7.11 Å². The molecule has 3 heterocycles.